The van der Waals surface area contributed by atoms with Gasteiger partial charge in [-0.1, -0.05) is 67.7 Å². The van der Waals surface area contributed by atoms with Gasteiger partial charge in [0.1, 0.15) is 5.82 Å². The molecular weight excluding hydrogens is 343 g/mol. The maximum absolute atomic E-state index is 14.4. The summed E-state index contributed by atoms with van der Waals surface area (Å²) in [4.78, 5) is 0. The minimum atomic E-state index is -0.165. The molecule has 0 aromatic heterocycles. The van der Waals surface area contributed by atoms with E-state index in [2.05, 4.69) is 37.5 Å². The van der Waals surface area contributed by atoms with Crippen LogP contribution in [0.5, 0.6) is 0 Å². The normalized spacial score (nSPS) is 10.2. The van der Waals surface area contributed by atoms with Gasteiger partial charge in [-0.25, -0.2) is 4.39 Å². The van der Waals surface area contributed by atoms with Crippen LogP contribution in [0.4, 0.5) is 4.39 Å². The third-order valence-electron chi connectivity index (χ3n) is 4.71. The minimum Gasteiger partial charge on any atom is -0.206 e. The van der Waals surface area contributed by atoms with Crippen LogP contribution in [0.25, 0.3) is 11.1 Å². The van der Waals surface area contributed by atoms with Crippen LogP contribution in [0.1, 0.15) is 42.0 Å². The predicted octanol–water partition coefficient (Wildman–Crippen LogP) is 6.96. The first kappa shape index (κ1) is 19.6. The van der Waals surface area contributed by atoms with Crippen LogP contribution in [0.2, 0.25) is 0 Å². The first-order valence-corrected chi connectivity index (χ1v) is 9.80. The molecule has 3 aromatic rings. The first-order chi connectivity index (χ1) is 13.7. The van der Waals surface area contributed by atoms with E-state index in [1.807, 2.05) is 54.6 Å². The Morgan fingerprint density at radius 1 is 0.821 bits per heavy atom. The molecule has 3 aromatic carbocycles. The van der Waals surface area contributed by atoms with Crippen LogP contribution in [0.3, 0.4) is 0 Å². The smallest absolute Gasteiger partial charge is 0.131 e. The highest BCUT2D eigenvalue weighted by atomic mass is 19.1. The van der Waals surface area contributed by atoms with Crippen LogP contribution in [0, 0.1) is 17.7 Å². The summed E-state index contributed by atoms with van der Waals surface area (Å²) in [6.07, 6.45) is 5.85. The topological polar surface area (TPSA) is 0 Å². The molecule has 0 nitrogen and oxygen atoms in total. The van der Waals surface area contributed by atoms with Gasteiger partial charge in [0.15, 0.2) is 0 Å². The van der Waals surface area contributed by atoms with E-state index in [4.69, 9.17) is 0 Å². The van der Waals surface area contributed by atoms with Gasteiger partial charge in [0.2, 0.25) is 0 Å². The van der Waals surface area contributed by atoms with Crippen molar-refractivity contribution >= 4 is 0 Å². The number of benzene rings is 3. The van der Waals surface area contributed by atoms with Gasteiger partial charge >= 0.3 is 0 Å². The Morgan fingerprint density at radius 3 is 2.00 bits per heavy atom. The van der Waals surface area contributed by atoms with Crippen LogP contribution in [0.15, 0.2) is 79.4 Å². The summed E-state index contributed by atoms with van der Waals surface area (Å²) in [5.74, 6) is 6.21. The molecule has 0 fully saturated rings. The maximum atomic E-state index is 14.4. The number of rotatable bonds is 6. The molecule has 0 saturated heterocycles. The van der Waals surface area contributed by atoms with Crippen LogP contribution in [-0.2, 0) is 12.8 Å². The van der Waals surface area contributed by atoms with Gasteiger partial charge in [-0.15, -0.1) is 6.58 Å². The van der Waals surface area contributed by atoms with E-state index < -0.39 is 0 Å². The lowest BCUT2D eigenvalue weighted by Gasteiger charge is -2.06. The summed E-state index contributed by atoms with van der Waals surface area (Å²) in [6, 6.07) is 21.6. The fraction of sp³-hybridized carbons (Fsp3) is 0.185. The Hall–Kier alpha value is -3.11. The van der Waals surface area contributed by atoms with E-state index in [1.165, 1.54) is 5.56 Å². The zero-order chi connectivity index (χ0) is 19.8. The molecule has 0 amide bonds. The van der Waals surface area contributed by atoms with E-state index >= 15 is 0 Å². The highest BCUT2D eigenvalue weighted by Crippen LogP contribution is 2.24. The van der Waals surface area contributed by atoms with Crippen LogP contribution >= 0.6 is 0 Å². The van der Waals surface area contributed by atoms with Crippen LogP contribution in [-0.4, -0.2) is 0 Å². The molecule has 0 atom stereocenters. The van der Waals surface area contributed by atoms with E-state index in [1.54, 1.807) is 6.07 Å². The third kappa shape index (κ3) is 5.21. The number of allylic oxidation sites excluding steroid dienone is 1. The second-order valence-electron chi connectivity index (χ2n) is 6.92. The molecule has 0 unspecified atom stereocenters. The first-order valence-electron chi connectivity index (χ1n) is 9.80. The Labute approximate surface area is 167 Å². The molecular formula is C27H25F. The number of aryl methyl sites for hydroxylation is 2. The summed E-state index contributed by atoms with van der Waals surface area (Å²) in [7, 11) is 0. The van der Waals surface area contributed by atoms with Gasteiger partial charge < -0.3 is 0 Å². The molecule has 1 heteroatoms. The van der Waals surface area contributed by atoms with E-state index in [9.17, 15) is 4.39 Å². The van der Waals surface area contributed by atoms with Gasteiger partial charge in [-0.3, -0.25) is 0 Å². The Balaban J connectivity index is 1.72. The van der Waals surface area contributed by atoms with Crippen molar-refractivity contribution < 1.29 is 4.39 Å². The lowest BCUT2D eigenvalue weighted by atomic mass is 10.0. The molecule has 0 aliphatic carbocycles. The molecule has 0 heterocycles. The maximum Gasteiger partial charge on any atom is 0.131 e. The summed E-state index contributed by atoms with van der Waals surface area (Å²) < 4.78 is 14.4. The molecule has 0 aliphatic heterocycles. The fourth-order valence-electron chi connectivity index (χ4n) is 3.14. The quantitative estimate of drug-likeness (QED) is 0.326. The van der Waals surface area contributed by atoms with Gasteiger partial charge in [0, 0.05) is 16.7 Å². The van der Waals surface area contributed by atoms with Crippen molar-refractivity contribution in [3.8, 4) is 23.0 Å². The summed E-state index contributed by atoms with van der Waals surface area (Å²) >= 11 is 0. The highest BCUT2D eigenvalue weighted by Gasteiger charge is 2.06. The Bertz CT molecular complexity index is 983. The van der Waals surface area contributed by atoms with Crippen molar-refractivity contribution in [1.29, 1.82) is 0 Å². The molecule has 140 valence electrons. The minimum absolute atomic E-state index is 0.165. The molecule has 0 saturated carbocycles. The van der Waals surface area contributed by atoms with Crippen molar-refractivity contribution in [2.24, 2.45) is 0 Å². The standard InChI is InChI=1S/C27H25F/c1-3-5-7-21-8-10-22(11-9-21)12-13-23-14-17-25(18-15-23)26-19-16-24(6-4-2)20-27(26)28/h3,8-11,14-20H,1,4-7H2,2H3. The average molecular weight is 368 g/mol. The summed E-state index contributed by atoms with van der Waals surface area (Å²) in [5, 5.41) is 0. The van der Waals surface area contributed by atoms with Crippen molar-refractivity contribution in [1.82, 2.24) is 0 Å². The van der Waals surface area contributed by atoms with Crippen LogP contribution < -0.4 is 0 Å². The van der Waals surface area contributed by atoms with Crippen molar-refractivity contribution in [2.45, 2.75) is 32.6 Å². The average Bonchev–Trinajstić information content (AvgIpc) is 2.72. The monoisotopic (exact) mass is 368 g/mol. The Morgan fingerprint density at radius 2 is 1.43 bits per heavy atom. The lowest BCUT2D eigenvalue weighted by Crippen LogP contribution is -1.89. The van der Waals surface area contributed by atoms with E-state index in [0.29, 0.717) is 5.56 Å². The third-order valence-corrected chi connectivity index (χ3v) is 4.71. The number of halogens is 1. The largest absolute Gasteiger partial charge is 0.206 e. The SMILES string of the molecule is C=CCCc1ccc(C#Cc2ccc(-c3ccc(CCC)cc3F)cc2)cc1. The van der Waals surface area contributed by atoms with Gasteiger partial charge in [0.25, 0.3) is 0 Å². The predicted molar refractivity (Wildman–Crippen MR) is 117 cm³/mol. The van der Waals surface area contributed by atoms with Gasteiger partial charge in [-0.2, -0.15) is 0 Å². The second kappa shape index (κ2) is 9.72. The molecule has 28 heavy (non-hydrogen) atoms. The molecule has 0 spiro atoms. The van der Waals surface area contributed by atoms with Crippen molar-refractivity contribution in [3.63, 3.8) is 0 Å². The van der Waals surface area contributed by atoms with E-state index in [-0.39, 0.29) is 5.82 Å². The van der Waals surface area contributed by atoms with Gasteiger partial charge in [0.05, 0.1) is 0 Å². The molecule has 0 N–H and O–H groups in total. The molecule has 3 rings (SSSR count). The summed E-state index contributed by atoms with van der Waals surface area (Å²) in [5.41, 5.74) is 5.75. The zero-order valence-corrected chi connectivity index (χ0v) is 16.3. The summed E-state index contributed by atoms with van der Waals surface area (Å²) in [6.45, 7) is 5.85. The second-order valence-corrected chi connectivity index (χ2v) is 6.92. The Kier molecular flexibility index (Phi) is 6.82. The van der Waals surface area contributed by atoms with Crippen molar-refractivity contribution in [3.05, 3.63) is 107 Å². The number of hydrogen-bond donors (Lipinski definition) is 0. The fourth-order valence-corrected chi connectivity index (χ4v) is 3.14. The molecule has 0 radical (unpaired) electrons. The molecule has 0 aliphatic rings. The number of hydrogen-bond acceptors (Lipinski definition) is 0. The lowest BCUT2D eigenvalue weighted by molar-refractivity contribution is 0.628. The highest BCUT2D eigenvalue weighted by molar-refractivity contribution is 5.65. The zero-order valence-electron chi connectivity index (χ0n) is 16.3. The molecule has 0 bridgehead atoms. The van der Waals surface area contributed by atoms with Crippen molar-refractivity contribution in [2.75, 3.05) is 0 Å². The van der Waals surface area contributed by atoms with E-state index in [0.717, 1.165) is 47.9 Å². The van der Waals surface area contributed by atoms with Gasteiger partial charge in [-0.05, 0) is 66.3 Å².